The van der Waals surface area contributed by atoms with Gasteiger partial charge in [0, 0.05) is 38.2 Å². The van der Waals surface area contributed by atoms with E-state index in [0.29, 0.717) is 30.4 Å². The highest BCUT2D eigenvalue weighted by Crippen LogP contribution is 2.21. The Morgan fingerprint density at radius 2 is 1.74 bits per heavy atom. The van der Waals surface area contributed by atoms with E-state index in [1.807, 2.05) is 43.0 Å². The number of aromatic hydroxyl groups is 1. The number of phenolic OH excluding ortho intramolecular Hbond substituents is 1. The lowest BCUT2D eigenvalue weighted by atomic mass is 10.1. The molecule has 1 fully saturated rings. The SMILES string of the molecule is Cc1ccc(-c2noc(CCCN3CCN(C(=O)c4cc(C)ccc4O)CC3)n2)cc1. The zero-order valence-corrected chi connectivity index (χ0v) is 18.0. The first-order valence-corrected chi connectivity index (χ1v) is 10.7. The van der Waals surface area contributed by atoms with Crippen molar-refractivity contribution >= 4 is 5.91 Å². The van der Waals surface area contributed by atoms with Crippen LogP contribution < -0.4 is 0 Å². The van der Waals surface area contributed by atoms with E-state index in [0.717, 1.165) is 43.6 Å². The summed E-state index contributed by atoms with van der Waals surface area (Å²) in [7, 11) is 0. The molecule has 31 heavy (non-hydrogen) atoms. The lowest BCUT2D eigenvalue weighted by molar-refractivity contribution is 0.0632. The van der Waals surface area contributed by atoms with Gasteiger partial charge in [0.15, 0.2) is 0 Å². The lowest BCUT2D eigenvalue weighted by Crippen LogP contribution is -2.48. The summed E-state index contributed by atoms with van der Waals surface area (Å²) in [6.45, 7) is 7.83. The number of hydrogen-bond acceptors (Lipinski definition) is 6. The largest absolute Gasteiger partial charge is 0.507 e. The van der Waals surface area contributed by atoms with Gasteiger partial charge < -0.3 is 14.5 Å². The van der Waals surface area contributed by atoms with Crippen molar-refractivity contribution in [1.29, 1.82) is 0 Å². The van der Waals surface area contributed by atoms with Gasteiger partial charge in [0.05, 0.1) is 5.56 Å². The molecule has 1 amide bonds. The number of carbonyl (C=O) groups is 1. The standard InChI is InChI=1S/C24H28N4O3/c1-17-5-8-19(9-6-17)23-25-22(31-26-23)4-3-11-27-12-14-28(15-13-27)24(30)20-16-18(2)7-10-21(20)29/h5-10,16,29H,3-4,11-15H2,1-2H3. The predicted octanol–water partition coefficient (Wildman–Crippen LogP) is 3.45. The highest BCUT2D eigenvalue weighted by Gasteiger charge is 2.24. The van der Waals surface area contributed by atoms with Gasteiger partial charge in [-0.3, -0.25) is 9.69 Å². The fourth-order valence-corrected chi connectivity index (χ4v) is 3.80. The van der Waals surface area contributed by atoms with Crippen LogP contribution in [0.3, 0.4) is 0 Å². The minimum absolute atomic E-state index is 0.0441. The summed E-state index contributed by atoms with van der Waals surface area (Å²) in [5.74, 6) is 1.22. The molecule has 3 aromatic rings. The second kappa shape index (κ2) is 9.31. The van der Waals surface area contributed by atoms with Gasteiger partial charge in [-0.2, -0.15) is 4.98 Å². The van der Waals surface area contributed by atoms with Crippen LogP contribution >= 0.6 is 0 Å². The molecule has 162 valence electrons. The van der Waals surface area contributed by atoms with Gasteiger partial charge in [-0.25, -0.2) is 0 Å². The van der Waals surface area contributed by atoms with Gasteiger partial charge in [-0.1, -0.05) is 46.6 Å². The minimum Gasteiger partial charge on any atom is -0.507 e. The van der Waals surface area contributed by atoms with Gasteiger partial charge in [-0.15, -0.1) is 0 Å². The van der Waals surface area contributed by atoms with Gasteiger partial charge in [-0.05, 0) is 38.9 Å². The number of rotatable bonds is 6. The summed E-state index contributed by atoms with van der Waals surface area (Å²) in [6, 6.07) is 13.2. The van der Waals surface area contributed by atoms with Crippen molar-refractivity contribution in [2.24, 2.45) is 0 Å². The van der Waals surface area contributed by atoms with E-state index in [9.17, 15) is 9.90 Å². The van der Waals surface area contributed by atoms with Crippen LogP contribution in [-0.4, -0.2) is 63.7 Å². The van der Waals surface area contributed by atoms with Crippen LogP contribution in [-0.2, 0) is 6.42 Å². The monoisotopic (exact) mass is 420 g/mol. The normalized spacial score (nSPS) is 14.7. The van der Waals surface area contributed by atoms with E-state index in [-0.39, 0.29) is 11.7 Å². The van der Waals surface area contributed by atoms with Crippen LogP contribution in [0.15, 0.2) is 47.0 Å². The molecule has 7 heteroatoms. The molecule has 1 aliphatic rings. The molecule has 0 spiro atoms. The van der Waals surface area contributed by atoms with Crippen molar-refractivity contribution in [2.75, 3.05) is 32.7 Å². The maximum Gasteiger partial charge on any atom is 0.257 e. The van der Waals surface area contributed by atoms with Crippen LogP contribution in [0, 0.1) is 13.8 Å². The summed E-state index contributed by atoms with van der Waals surface area (Å²) in [5, 5.41) is 14.1. The molecule has 4 rings (SSSR count). The highest BCUT2D eigenvalue weighted by atomic mass is 16.5. The van der Waals surface area contributed by atoms with Crippen molar-refractivity contribution in [3.8, 4) is 17.1 Å². The van der Waals surface area contributed by atoms with E-state index in [4.69, 9.17) is 4.52 Å². The third-order valence-corrected chi connectivity index (χ3v) is 5.68. The van der Waals surface area contributed by atoms with Gasteiger partial charge in [0.1, 0.15) is 5.75 Å². The Hall–Kier alpha value is -3.19. The number of benzene rings is 2. The molecule has 1 N–H and O–H groups in total. The third-order valence-electron chi connectivity index (χ3n) is 5.68. The van der Waals surface area contributed by atoms with Crippen LogP contribution in [0.25, 0.3) is 11.4 Å². The molecule has 1 aliphatic heterocycles. The molecule has 0 saturated carbocycles. The van der Waals surface area contributed by atoms with Crippen molar-refractivity contribution < 1.29 is 14.4 Å². The van der Waals surface area contributed by atoms with E-state index in [2.05, 4.69) is 15.0 Å². The summed E-state index contributed by atoms with van der Waals surface area (Å²) < 4.78 is 5.40. The Kier molecular flexibility index (Phi) is 6.32. The Morgan fingerprint density at radius 3 is 2.48 bits per heavy atom. The third kappa shape index (κ3) is 5.11. The molecule has 0 unspecified atom stereocenters. The Bertz CT molecular complexity index is 1040. The summed E-state index contributed by atoms with van der Waals surface area (Å²) in [4.78, 5) is 21.4. The van der Waals surface area contributed by atoms with Crippen molar-refractivity contribution in [3.63, 3.8) is 0 Å². The minimum atomic E-state index is -0.102. The molecule has 0 atom stereocenters. The van der Waals surface area contributed by atoms with Crippen molar-refractivity contribution in [2.45, 2.75) is 26.7 Å². The second-order valence-corrected chi connectivity index (χ2v) is 8.14. The van der Waals surface area contributed by atoms with Crippen molar-refractivity contribution in [3.05, 3.63) is 65.0 Å². The van der Waals surface area contributed by atoms with Crippen LogP contribution in [0.4, 0.5) is 0 Å². The molecule has 1 aromatic heterocycles. The molecule has 1 saturated heterocycles. The number of aryl methyl sites for hydroxylation is 3. The molecule has 0 radical (unpaired) electrons. The van der Waals surface area contributed by atoms with Gasteiger partial charge in [0.2, 0.25) is 11.7 Å². The summed E-state index contributed by atoms with van der Waals surface area (Å²) in [6.07, 6.45) is 1.65. The maximum absolute atomic E-state index is 12.7. The zero-order chi connectivity index (χ0) is 21.8. The maximum atomic E-state index is 12.7. The Labute approximate surface area is 182 Å². The summed E-state index contributed by atoms with van der Waals surface area (Å²) >= 11 is 0. The molecular formula is C24H28N4O3. The highest BCUT2D eigenvalue weighted by molar-refractivity contribution is 5.97. The van der Waals surface area contributed by atoms with Crippen LogP contribution in [0.5, 0.6) is 5.75 Å². The summed E-state index contributed by atoms with van der Waals surface area (Å²) in [5.41, 5.74) is 3.51. The number of aromatic nitrogens is 2. The lowest BCUT2D eigenvalue weighted by Gasteiger charge is -2.34. The second-order valence-electron chi connectivity index (χ2n) is 8.14. The molecule has 2 heterocycles. The number of nitrogens with zero attached hydrogens (tertiary/aromatic N) is 4. The first kappa shape index (κ1) is 21.1. The number of piperazine rings is 1. The average Bonchev–Trinajstić information content (AvgIpc) is 3.25. The fraction of sp³-hybridized carbons (Fsp3) is 0.375. The Morgan fingerprint density at radius 1 is 1.03 bits per heavy atom. The average molecular weight is 421 g/mol. The first-order valence-electron chi connectivity index (χ1n) is 10.7. The first-order chi connectivity index (χ1) is 15.0. The predicted molar refractivity (Wildman–Crippen MR) is 118 cm³/mol. The quantitative estimate of drug-likeness (QED) is 0.658. The Balaban J connectivity index is 1.23. The van der Waals surface area contributed by atoms with Crippen molar-refractivity contribution in [1.82, 2.24) is 19.9 Å². The number of hydrogen-bond donors (Lipinski definition) is 1. The van der Waals surface area contributed by atoms with E-state index in [1.165, 1.54) is 5.56 Å². The topological polar surface area (TPSA) is 82.7 Å². The fourth-order valence-electron chi connectivity index (χ4n) is 3.80. The van der Waals surface area contributed by atoms with E-state index >= 15 is 0 Å². The smallest absolute Gasteiger partial charge is 0.257 e. The molecule has 0 aliphatic carbocycles. The van der Waals surface area contributed by atoms with Crippen LogP contribution in [0.2, 0.25) is 0 Å². The number of amides is 1. The van der Waals surface area contributed by atoms with Crippen LogP contribution in [0.1, 0.15) is 33.8 Å². The number of carbonyl (C=O) groups excluding carboxylic acids is 1. The van der Waals surface area contributed by atoms with Gasteiger partial charge in [0.25, 0.3) is 5.91 Å². The molecule has 2 aromatic carbocycles. The zero-order valence-electron chi connectivity index (χ0n) is 18.0. The van der Waals surface area contributed by atoms with E-state index < -0.39 is 0 Å². The molecular weight excluding hydrogens is 392 g/mol. The molecule has 0 bridgehead atoms. The van der Waals surface area contributed by atoms with E-state index in [1.54, 1.807) is 18.2 Å². The van der Waals surface area contributed by atoms with Gasteiger partial charge >= 0.3 is 0 Å². The molecule has 7 nitrogen and oxygen atoms in total. The number of phenols is 1.